The first-order chi connectivity index (χ1) is 14.0. The Labute approximate surface area is 175 Å². The van der Waals surface area contributed by atoms with E-state index in [0.717, 1.165) is 49.6 Å². The highest BCUT2D eigenvalue weighted by Crippen LogP contribution is 2.32. The van der Waals surface area contributed by atoms with Gasteiger partial charge in [-0.3, -0.25) is 10.7 Å². The highest BCUT2D eigenvalue weighted by Gasteiger charge is 2.40. The molecule has 3 aliphatic rings. The average molecular weight is 417 g/mol. The van der Waals surface area contributed by atoms with E-state index in [4.69, 9.17) is 27.7 Å². The van der Waals surface area contributed by atoms with Gasteiger partial charge in [0, 0.05) is 32.7 Å². The van der Waals surface area contributed by atoms with Gasteiger partial charge >= 0.3 is 0 Å². The Morgan fingerprint density at radius 3 is 2.90 bits per heavy atom. The van der Waals surface area contributed by atoms with Crippen LogP contribution in [0.5, 0.6) is 0 Å². The Balaban J connectivity index is 1.66. The van der Waals surface area contributed by atoms with E-state index in [1.54, 1.807) is 12.5 Å². The lowest BCUT2D eigenvalue weighted by atomic mass is 9.91. The minimum atomic E-state index is -0.595. The zero-order valence-electron chi connectivity index (χ0n) is 16.6. The van der Waals surface area contributed by atoms with E-state index in [0.29, 0.717) is 12.0 Å². The van der Waals surface area contributed by atoms with E-state index < -0.39 is 5.79 Å². The number of aromatic nitrogens is 2. The molecule has 3 heterocycles. The summed E-state index contributed by atoms with van der Waals surface area (Å²) in [7, 11) is 1.97. The molecule has 1 aliphatic carbocycles. The Kier molecular flexibility index (Phi) is 5.93. The van der Waals surface area contributed by atoms with Crippen molar-refractivity contribution in [2.45, 2.75) is 43.9 Å². The number of nitrogens with zero attached hydrogens (tertiary/aromatic N) is 4. The van der Waals surface area contributed by atoms with Crippen molar-refractivity contribution >= 4 is 29.3 Å². The van der Waals surface area contributed by atoms with Crippen molar-refractivity contribution in [1.29, 1.82) is 0 Å². The van der Waals surface area contributed by atoms with Crippen LogP contribution in [0.2, 0.25) is 0 Å². The van der Waals surface area contributed by atoms with Crippen LogP contribution in [-0.4, -0.2) is 51.6 Å². The molecule has 0 aromatic carbocycles. The summed E-state index contributed by atoms with van der Waals surface area (Å²) in [5.74, 6) is -0.0627. The van der Waals surface area contributed by atoms with Crippen molar-refractivity contribution < 1.29 is 4.74 Å². The van der Waals surface area contributed by atoms with Crippen molar-refractivity contribution in [1.82, 2.24) is 25.6 Å². The quantitative estimate of drug-likeness (QED) is 0.294. The first-order valence-electron chi connectivity index (χ1n) is 10.0. The van der Waals surface area contributed by atoms with Crippen LogP contribution in [0.15, 0.2) is 34.4 Å². The first-order valence-corrected chi connectivity index (χ1v) is 10.4. The van der Waals surface area contributed by atoms with Gasteiger partial charge in [-0.2, -0.15) is 5.10 Å². The summed E-state index contributed by atoms with van der Waals surface area (Å²) in [6.07, 6.45) is 12.6. The summed E-state index contributed by atoms with van der Waals surface area (Å²) in [6.45, 7) is 1.62. The van der Waals surface area contributed by atoms with Crippen LogP contribution < -0.4 is 21.8 Å². The van der Waals surface area contributed by atoms with Gasteiger partial charge in [0.15, 0.2) is 10.9 Å². The molecule has 0 radical (unpaired) electrons. The average Bonchev–Trinajstić information content (AvgIpc) is 3.38. The molecule has 1 atom stereocenters. The van der Waals surface area contributed by atoms with Crippen LogP contribution in [0.25, 0.3) is 0 Å². The summed E-state index contributed by atoms with van der Waals surface area (Å²) < 4.78 is 7.53. The Hall–Kier alpha value is -2.30. The summed E-state index contributed by atoms with van der Waals surface area (Å²) in [6, 6.07) is 0.477. The molecule has 2 aliphatic heterocycles. The molecule has 1 unspecified atom stereocenters. The molecule has 156 valence electrons. The van der Waals surface area contributed by atoms with E-state index >= 15 is 0 Å². The number of nitrogens with two attached hydrogens (primary N) is 1. The number of rotatable bonds is 7. The number of imidazole rings is 1. The van der Waals surface area contributed by atoms with Gasteiger partial charge in [-0.1, -0.05) is 0 Å². The maximum atomic E-state index is 5.55. The van der Waals surface area contributed by atoms with Gasteiger partial charge in [0.05, 0.1) is 35.8 Å². The third-order valence-electron chi connectivity index (χ3n) is 5.36. The van der Waals surface area contributed by atoms with Gasteiger partial charge in [0.25, 0.3) is 0 Å². The molecule has 10 heteroatoms. The van der Waals surface area contributed by atoms with E-state index in [-0.39, 0.29) is 5.11 Å². The lowest BCUT2D eigenvalue weighted by Gasteiger charge is -2.39. The molecule has 1 saturated carbocycles. The van der Waals surface area contributed by atoms with Crippen molar-refractivity contribution in [2.24, 2.45) is 28.8 Å². The fourth-order valence-corrected chi connectivity index (χ4v) is 3.87. The molecular weight excluding hydrogens is 388 g/mol. The molecule has 1 aromatic heterocycles. The predicted molar refractivity (Wildman–Crippen MR) is 116 cm³/mol. The largest absolute Gasteiger partial charge is 0.381 e. The molecule has 0 bridgehead atoms. The van der Waals surface area contributed by atoms with Gasteiger partial charge in [-0.05, 0) is 49.9 Å². The molecule has 1 aromatic rings. The van der Waals surface area contributed by atoms with E-state index in [1.807, 2.05) is 23.9 Å². The van der Waals surface area contributed by atoms with E-state index in [1.165, 1.54) is 12.8 Å². The minimum absolute atomic E-state index is 0.128. The first kappa shape index (κ1) is 20.0. The van der Waals surface area contributed by atoms with E-state index in [9.17, 15) is 0 Å². The lowest BCUT2D eigenvalue weighted by Crippen LogP contribution is -2.59. The van der Waals surface area contributed by atoms with Crippen LogP contribution in [0.1, 0.15) is 37.8 Å². The summed E-state index contributed by atoms with van der Waals surface area (Å²) in [5.41, 5.74) is 10.8. The molecule has 0 spiro atoms. The topological polar surface area (TPSA) is 114 Å². The second-order valence-corrected chi connectivity index (χ2v) is 8.32. The van der Waals surface area contributed by atoms with Crippen LogP contribution in [-0.2, 0) is 11.8 Å². The number of thiocarbonyl (C=S) groups is 1. The third kappa shape index (κ3) is 5.20. The standard InChI is InChI=1S/C19H28N8OS/c1-27-12-21-11-17(27)16-8-15(10-22-26-18(20)29)24-19(25-16,23-14-2-3-14)9-13-4-6-28-7-5-13/h8,10-14,23-24H,2-7,9H2,1H3,(H3,20,26,29). The van der Waals surface area contributed by atoms with Gasteiger partial charge in [0.1, 0.15) is 0 Å². The fourth-order valence-electron chi connectivity index (χ4n) is 3.82. The highest BCUT2D eigenvalue weighted by molar-refractivity contribution is 7.80. The maximum Gasteiger partial charge on any atom is 0.186 e. The number of ether oxygens (including phenoxy) is 1. The van der Waals surface area contributed by atoms with Crippen molar-refractivity contribution in [3.05, 3.63) is 30.0 Å². The number of hydrogen-bond acceptors (Lipinski definition) is 7. The van der Waals surface area contributed by atoms with Crippen molar-refractivity contribution in [2.75, 3.05) is 13.2 Å². The number of nitrogens with one attached hydrogen (secondary N) is 3. The molecule has 0 amide bonds. The van der Waals surface area contributed by atoms with Crippen LogP contribution in [0.3, 0.4) is 0 Å². The second kappa shape index (κ2) is 8.60. The zero-order valence-corrected chi connectivity index (χ0v) is 17.4. The van der Waals surface area contributed by atoms with Gasteiger partial charge in [0.2, 0.25) is 0 Å². The van der Waals surface area contributed by atoms with Gasteiger partial charge in [-0.15, -0.1) is 0 Å². The van der Waals surface area contributed by atoms with Gasteiger partial charge < -0.3 is 20.4 Å². The number of hydrogen-bond donors (Lipinski definition) is 4. The lowest BCUT2D eigenvalue weighted by molar-refractivity contribution is 0.0505. The van der Waals surface area contributed by atoms with E-state index in [2.05, 4.69) is 26.1 Å². The molecule has 9 nitrogen and oxygen atoms in total. The minimum Gasteiger partial charge on any atom is -0.381 e. The molecule has 29 heavy (non-hydrogen) atoms. The summed E-state index contributed by atoms with van der Waals surface area (Å²) in [5, 5.41) is 11.6. The molecule has 1 saturated heterocycles. The fraction of sp³-hybridized carbons (Fsp3) is 0.579. The summed E-state index contributed by atoms with van der Waals surface area (Å²) in [4.78, 5) is 9.43. The number of allylic oxidation sites excluding steroid dienone is 2. The van der Waals surface area contributed by atoms with Crippen LogP contribution in [0, 0.1) is 5.92 Å². The normalized spacial score (nSPS) is 25.4. The summed E-state index contributed by atoms with van der Waals surface area (Å²) >= 11 is 4.84. The van der Waals surface area contributed by atoms with Crippen LogP contribution in [0.4, 0.5) is 0 Å². The van der Waals surface area contributed by atoms with Crippen molar-refractivity contribution in [3.63, 3.8) is 0 Å². The third-order valence-corrected chi connectivity index (χ3v) is 5.45. The number of aryl methyl sites for hydroxylation is 1. The number of aliphatic imine (C=N–C) groups is 1. The predicted octanol–water partition coefficient (Wildman–Crippen LogP) is 0.738. The molecule has 4 rings (SSSR count). The maximum absolute atomic E-state index is 5.55. The smallest absolute Gasteiger partial charge is 0.186 e. The van der Waals surface area contributed by atoms with Gasteiger partial charge in [-0.25, -0.2) is 9.98 Å². The number of hydrazone groups is 1. The molecular formula is C19H28N8OS. The van der Waals surface area contributed by atoms with Crippen LogP contribution >= 0.6 is 12.2 Å². The zero-order chi connectivity index (χ0) is 20.3. The highest BCUT2D eigenvalue weighted by atomic mass is 32.1. The molecule has 5 N–H and O–H groups in total. The Morgan fingerprint density at radius 2 is 2.24 bits per heavy atom. The SMILES string of the molecule is Cn1cncc1C1=NC(CC2CCOCC2)(NC2CC2)NC(C=NNC(N)=S)=C1. The second-order valence-electron chi connectivity index (χ2n) is 7.88. The Morgan fingerprint density at radius 1 is 1.45 bits per heavy atom. The van der Waals surface area contributed by atoms with Crippen molar-refractivity contribution in [3.8, 4) is 0 Å². The molecule has 2 fully saturated rings. The Bertz CT molecular complexity index is 837. The monoisotopic (exact) mass is 416 g/mol.